The minimum Gasteiger partial charge on any atom is -0.507 e. The molecule has 0 heterocycles. The summed E-state index contributed by atoms with van der Waals surface area (Å²) >= 11 is 0. The molecule has 3 rings (SSSR count). The fourth-order valence-electron chi connectivity index (χ4n) is 3.20. The topological polar surface area (TPSA) is 46.5 Å². The van der Waals surface area contributed by atoms with Gasteiger partial charge < -0.3 is 9.84 Å². The molecule has 0 bridgehead atoms. The average Bonchev–Trinajstić information content (AvgIpc) is 2.60. The summed E-state index contributed by atoms with van der Waals surface area (Å²) < 4.78 is 5.50. The van der Waals surface area contributed by atoms with Crippen LogP contribution in [0.3, 0.4) is 0 Å². The minimum absolute atomic E-state index is 0.00527. The van der Waals surface area contributed by atoms with Crippen LogP contribution in [-0.2, 0) is 4.74 Å². The molecule has 0 saturated heterocycles. The molecule has 26 heavy (non-hydrogen) atoms. The maximum atomic E-state index is 12.7. The first-order valence-corrected chi connectivity index (χ1v) is 8.81. The standard InChI is InChI=1S/C23H24O3/c1-15(16-10-6-5-7-11-16)20-18-13-9-8-12-17(18)14-19(21(20)24)22(25)26-23(2,3)4/h5-15,24H,1-4H3. The Morgan fingerprint density at radius 3 is 2.27 bits per heavy atom. The van der Waals surface area contributed by atoms with Gasteiger partial charge >= 0.3 is 5.97 Å². The minimum atomic E-state index is -0.625. The van der Waals surface area contributed by atoms with Gasteiger partial charge in [0.2, 0.25) is 0 Å². The predicted molar refractivity (Wildman–Crippen MR) is 105 cm³/mol. The lowest BCUT2D eigenvalue weighted by molar-refractivity contribution is 0.00668. The summed E-state index contributed by atoms with van der Waals surface area (Å²) in [7, 11) is 0. The van der Waals surface area contributed by atoms with Crippen molar-refractivity contribution in [2.75, 3.05) is 0 Å². The summed E-state index contributed by atoms with van der Waals surface area (Å²) in [6.07, 6.45) is 0. The van der Waals surface area contributed by atoms with Crippen LogP contribution < -0.4 is 0 Å². The molecule has 3 nitrogen and oxygen atoms in total. The maximum absolute atomic E-state index is 12.7. The van der Waals surface area contributed by atoms with Crippen LogP contribution in [0.4, 0.5) is 0 Å². The van der Waals surface area contributed by atoms with Gasteiger partial charge in [-0.15, -0.1) is 0 Å². The highest BCUT2D eigenvalue weighted by Gasteiger charge is 2.25. The van der Waals surface area contributed by atoms with Gasteiger partial charge in [-0.05, 0) is 43.2 Å². The first-order valence-electron chi connectivity index (χ1n) is 8.81. The lowest BCUT2D eigenvalue weighted by Gasteiger charge is -2.22. The van der Waals surface area contributed by atoms with Crippen LogP contribution in [0, 0.1) is 0 Å². The SMILES string of the molecule is CC(c1ccccc1)c1c(O)c(C(=O)OC(C)(C)C)cc2ccccc12. The van der Waals surface area contributed by atoms with Crippen molar-refractivity contribution in [1.29, 1.82) is 0 Å². The van der Waals surface area contributed by atoms with Crippen LogP contribution in [0.5, 0.6) is 5.75 Å². The van der Waals surface area contributed by atoms with Crippen molar-refractivity contribution in [3.8, 4) is 5.75 Å². The molecule has 3 aromatic carbocycles. The monoisotopic (exact) mass is 348 g/mol. The van der Waals surface area contributed by atoms with E-state index in [1.54, 1.807) is 6.07 Å². The molecule has 3 aromatic rings. The van der Waals surface area contributed by atoms with Gasteiger partial charge in [0.1, 0.15) is 16.9 Å². The molecule has 0 fully saturated rings. The van der Waals surface area contributed by atoms with E-state index < -0.39 is 11.6 Å². The van der Waals surface area contributed by atoms with E-state index in [2.05, 4.69) is 0 Å². The summed E-state index contributed by atoms with van der Waals surface area (Å²) in [6, 6.07) is 19.5. The summed E-state index contributed by atoms with van der Waals surface area (Å²) in [5.74, 6) is -0.583. The van der Waals surface area contributed by atoms with Gasteiger partial charge in [0.25, 0.3) is 0 Å². The van der Waals surface area contributed by atoms with Gasteiger partial charge in [0.05, 0.1) is 0 Å². The first kappa shape index (κ1) is 18.0. The Hall–Kier alpha value is -2.81. The number of carbonyl (C=O) groups is 1. The second kappa shape index (κ2) is 6.83. The molecule has 0 aromatic heterocycles. The second-order valence-electron chi connectivity index (χ2n) is 7.54. The quantitative estimate of drug-likeness (QED) is 0.622. The van der Waals surface area contributed by atoms with Crippen LogP contribution in [0.2, 0.25) is 0 Å². The van der Waals surface area contributed by atoms with Gasteiger partial charge in [0, 0.05) is 11.5 Å². The van der Waals surface area contributed by atoms with E-state index in [4.69, 9.17) is 4.74 Å². The Balaban J connectivity index is 2.21. The van der Waals surface area contributed by atoms with Gasteiger partial charge in [-0.2, -0.15) is 0 Å². The molecule has 134 valence electrons. The van der Waals surface area contributed by atoms with E-state index >= 15 is 0 Å². The molecule has 0 radical (unpaired) electrons. The Kier molecular flexibility index (Phi) is 4.73. The number of aromatic hydroxyl groups is 1. The van der Waals surface area contributed by atoms with Gasteiger partial charge in [0.15, 0.2) is 0 Å². The highest BCUT2D eigenvalue weighted by Crippen LogP contribution is 2.39. The van der Waals surface area contributed by atoms with Gasteiger partial charge in [-0.3, -0.25) is 0 Å². The lowest BCUT2D eigenvalue weighted by Crippen LogP contribution is -2.24. The smallest absolute Gasteiger partial charge is 0.342 e. The number of fused-ring (bicyclic) bond motifs is 1. The third-order valence-electron chi connectivity index (χ3n) is 4.41. The van der Waals surface area contributed by atoms with Gasteiger partial charge in [-0.1, -0.05) is 61.5 Å². The summed E-state index contributed by atoms with van der Waals surface area (Å²) in [4.78, 5) is 12.7. The van der Waals surface area contributed by atoms with E-state index in [9.17, 15) is 9.90 Å². The van der Waals surface area contributed by atoms with Crippen LogP contribution in [0.15, 0.2) is 60.7 Å². The van der Waals surface area contributed by atoms with E-state index in [0.29, 0.717) is 0 Å². The van der Waals surface area contributed by atoms with Crippen molar-refractivity contribution in [2.45, 2.75) is 39.2 Å². The van der Waals surface area contributed by atoms with Gasteiger partial charge in [-0.25, -0.2) is 4.79 Å². The largest absolute Gasteiger partial charge is 0.507 e. The molecule has 1 unspecified atom stereocenters. The Morgan fingerprint density at radius 2 is 1.62 bits per heavy atom. The van der Waals surface area contributed by atoms with E-state index in [0.717, 1.165) is 21.9 Å². The van der Waals surface area contributed by atoms with Crippen molar-refractivity contribution < 1.29 is 14.6 Å². The number of phenolic OH excluding ortho intramolecular Hbond substituents is 1. The van der Waals surface area contributed by atoms with Crippen molar-refractivity contribution in [2.24, 2.45) is 0 Å². The number of benzene rings is 3. The normalized spacial score (nSPS) is 12.8. The zero-order valence-electron chi connectivity index (χ0n) is 15.6. The van der Waals surface area contributed by atoms with E-state index in [1.165, 1.54) is 0 Å². The van der Waals surface area contributed by atoms with E-state index in [-0.39, 0.29) is 17.2 Å². The molecule has 0 aliphatic heterocycles. The summed E-state index contributed by atoms with van der Waals surface area (Å²) in [6.45, 7) is 7.49. The molecule has 0 aliphatic rings. The van der Waals surface area contributed by atoms with Crippen molar-refractivity contribution in [3.63, 3.8) is 0 Å². The lowest BCUT2D eigenvalue weighted by atomic mass is 9.87. The highest BCUT2D eigenvalue weighted by atomic mass is 16.6. The Morgan fingerprint density at radius 1 is 1.00 bits per heavy atom. The molecule has 1 N–H and O–H groups in total. The number of carbonyl (C=O) groups excluding carboxylic acids is 1. The predicted octanol–water partition coefficient (Wildman–Crippen LogP) is 5.65. The van der Waals surface area contributed by atoms with Crippen LogP contribution in [0.1, 0.15) is 55.1 Å². The zero-order chi connectivity index (χ0) is 18.9. The molecule has 0 amide bonds. The summed E-state index contributed by atoms with van der Waals surface area (Å²) in [5.41, 5.74) is 1.40. The maximum Gasteiger partial charge on any atom is 0.342 e. The third kappa shape index (κ3) is 3.57. The Bertz CT molecular complexity index is 937. The molecule has 3 heteroatoms. The Labute approximate surface area is 154 Å². The fourth-order valence-corrected chi connectivity index (χ4v) is 3.20. The van der Waals surface area contributed by atoms with Crippen molar-refractivity contribution in [3.05, 3.63) is 77.4 Å². The molecular weight excluding hydrogens is 324 g/mol. The molecule has 1 atom stereocenters. The van der Waals surface area contributed by atoms with Crippen LogP contribution in [0.25, 0.3) is 10.8 Å². The molecule has 0 spiro atoms. The third-order valence-corrected chi connectivity index (χ3v) is 4.41. The molecule has 0 saturated carbocycles. The number of hydrogen-bond donors (Lipinski definition) is 1. The van der Waals surface area contributed by atoms with E-state index in [1.807, 2.05) is 82.3 Å². The van der Waals surface area contributed by atoms with Crippen LogP contribution in [-0.4, -0.2) is 16.7 Å². The highest BCUT2D eigenvalue weighted by molar-refractivity contribution is 6.01. The number of ether oxygens (including phenoxy) is 1. The zero-order valence-corrected chi connectivity index (χ0v) is 15.6. The number of esters is 1. The van der Waals surface area contributed by atoms with Crippen molar-refractivity contribution in [1.82, 2.24) is 0 Å². The second-order valence-corrected chi connectivity index (χ2v) is 7.54. The molecule has 0 aliphatic carbocycles. The fraction of sp³-hybridized carbons (Fsp3) is 0.261. The average molecular weight is 348 g/mol. The van der Waals surface area contributed by atoms with Crippen molar-refractivity contribution >= 4 is 16.7 Å². The molecular formula is C23H24O3. The summed E-state index contributed by atoms with van der Waals surface area (Å²) in [5, 5.41) is 12.8. The first-order chi connectivity index (χ1) is 12.3. The number of phenols is 1. The number of hydrogen-bond acceptors (Lipinski definition) is 3. The van der Waals surface area contributed by atoms with Crippen LogP contribution >= 0.6 is 0 Å². The number of rotatable bonds is 3.